The number of nitrogens with zero attached hydrogens (tertiary/aromatic N) is 2. The molecule has 4 rings (SSSR count). The molecule has 2 aromatic rings. The van der Waals surface area contributed by atoms with Crippen LogP contribution in [0.1, 0.15) is 58.9 Å². The van der Waals surface area contributed by atoms with Gasteiger partial charge in [0, 0.05) is 41.6 Å². The van der Waals surface area contributed by atoms with Crippen molar-refractivity contribution in [1.29, 1.82) is 0 Å². The monoisotopic (exact) mass is 448 g/mol. The number of nitrogens with one attached hydrogen (secondary N) is 2. The summed E-state index contributed by atoms with van der Waals surface area (Å²) in [6, 6.07) is 8.76. The van der Waals surface area contributed by atoms with Crippen LogP contribution in [-0.4, -0.2) is 43.7 Å². The largest absolute Gasteiger partial charge is 0.481 e. The number of methoxy groups -OCH3 is 1. The van der Waals surface area contributed by atoms with E-state index in [1.165, 1.54) is 11.3 Å². The lowest BCUT2D eigenvalue weighted by Gasteiger charge is -2.37. The van der Waals surface area contributed by atoms with Gasteiger partial charge in [-0.15, -0.1) is 0 Å². The summed E-state index contributed by atoms with van der Waals surface area (Å²) < 4.78 is 5.56. The Morgan fingerprint density at radius 1 is 1.18 bits per heavy atom. The molecule has 6 nitrogen and oxygen atoms in total. The van der Waals surface area contributed by atoms with E-state index in [4.69, 9.17) is 4.74 Å². The smallest absolute Gasteiger partial charge is 0.251 e. The Labute approximate surface area is 197 Å². The van der Waals surface area contributed by atoms with Crippen LogP contribution in [0.2, 0.25) is 0 Å². The van der Waals surface area contributed by atoms with Crippen molar-refractivity contribution in [3.8, 4) is 5.88 Å². The molecule has 2 N–H and O–H groups in total. The van der Waals surface area contributed by atoms with E-state index in [1.54, 1.807) is 7.11 Å². The van der Waals surface area contributed by atoms with Crippen molar-refractivity contribution >= 4 is 11.6 Å². The average Bonchev–Trinajstić information content (AvgIpc) is 2.83. The van der Waals surface area contributed by atoms with E-state index in [9.17, 15) is 4.79 Å². The first kappa shape index (κ1) is 23.3. The third kappa shape index (κ3) is 5.22. The van der Waals surface area contributed by atoms with Gasteiger partial charge in [-0.2, -0.15) is 0 Å². The lowest BCUT2D eigenvalue weighted by atomic mass is 9.96. The zero-order chi connectivity index (χ0) is 23.2. The minimum Gasteiger partial charge on any atom is -0.481 e. The zero-order valence-corrected chi connectivity index (χ0v) is 20.1. The van der Waals surface area contributed by atoms with Crippen LogP contribution < -0.4 is 20.3 Å². The first-order valence-corrected chi connectivity index (χ1v) is 12.2. The molecular formula is C27H36N4O2. The molecule has 176 valence electrons. The Bertz CT molecular complexity index is 1010. The number of pyridine rings is 1. The molecule has 1 fully saturated rings. The number of benzene rings is 1. The molecule has 0 spiro atoms. The van der Waals surface area contributed by atoms with Gasteiger partial charge >= 0.3 is 0 Å². The van der Waals surface area contributed by atoms with E-state index >= 15 is 0 Å². The van der Waals surface area contributed by atoms with E-state index in [-0.39, 0.29) is 5.91 Å². The maximum absolute atomic E-state index is 13.4. The summed E-state index contributed by atoms with van der Waals surface area (Å²) in [6.07, 6.45) is 9.31. The standard InChI is InChI=1S/C27H36N4O2/c1-4-31(21-13-15-28-16-14-21)25-12-8-11-23-22(25)10-7-5-6-9-20-17-19(2)30-27(33-3)24(20)18-29-26(23)32/h5,7-8,11-12,17,21,28H,4,6,9-10,13-16,18H2,1-3H3,(H,29,32)/b7-5-. The van der Waals surface area contributed by atoms with E-state index in [2.05, 4.69) is 51.7 Å². The maximum Gasteiger partial charge on any atom is 0.251 e. The van der Waals surface area contributed by atoms with Gasteiger partial charge in [0.2, 0.25) is 5.88 Å². The number of hydrogen-bond acceptors (Lipinski definition) is 5. The lowest BCUT2D eigenvalue weighted by molar-refractivity contribution is 0.0949. The zero-order valence-electron chi connectivity index (χ0n) is 20.1. The highest BCUT2D eigenvalue weighted by atomic mass is 16.5. The summed E-state index contributed by atoms with van der Waals surface area (Å²) in [7, 11) is 1.64. The first-order valence-electron chi connectivity index (χ1n) is 12.2. The van der Waals surface area contributed by atoms with Crippen molar-refractivity contribution in [3.05, 3.63) is 64.4 Å². The van der Waals surface area contributed by atoms with Crippen molar-refractivity contribution in [3.63, 3.8) is 0 Å². The number of carbonyl (C=O) groups is 1. The molecule has 33 heavy (non-hydrogen) atoms. The minimum absolute atomic E-state index is 0.0456. The highest BCUT2D eigenvalue weighted by Gasteiger charge is 2.24. The first-order chi connectivity index (χ1) is 16.1. The number of carbonyl (C=O) groups excluding carboxylic acids is 1. The second-order valence-electron chi connectivity index (χ2n) is 8.88. The third-order valence-electron chi connectivity index (χ3n) is 6.79. The number of aryl methyl sites for hydroxylation is 2. The summed E-state index contributed by atoms with van der Waals surface area (Å²) in [5, 5.41) is 6.62. The van der Waals surface area contributed by atoms with Crippen LogP contribution in [0.15, 0.2) is 36.4 Å². The van der Waals surface area contributed by atoms with E-state index in [0.29, 0.717) is 18.5 Å². The van der Waals surface area contributed by atoms with Crippen molar-refractivity contribution in [2.75, 3.05) is 31.6 Å². The second kappa shape index (κ2) is 10.8. The van der Waals surface area contributed by atoms with Gasteiger partial charge in [-0.1, -0.05) is 18.2 Å². The van der Waals surface area contributed by atoms with Crippen LogP contribution in [0.25, 0.3) is 0 Å². The van der Waals surface area contributed by atoms with Crippen LogP contribution in [0.4, 0.5) is 5.69 Å². The number of anilines is 1. The van der Waals surface area contributed by atoms with Crippen molar-refractivity contribution in [2.24, 2.45) is 0 Å². The predicted octanol–water partition coefficient (Wildman–Crippen LogP) is 3.95. The summed E-state index contributed by atoms with van der Waals surface area (Å²) in [5.74, 6) is 0.555. The molecule has 6 heteroatoms. The highest BCUT2D eigenvalue weighted by Crippen LogP contribution is 2.30. The van der Waals surface area contributed by atoms with Gasteiger partial charge < -0.3 is 20.3 Å². The van der Waals surface area contributed by atoms with Crippen LogP contribution in [0.3, 0.4) is 0 Å². The minimum atomic E-state index is -0.0456. The average molecular weight is 449 g/mol. The molecule has 1 aromatic heterocycles. The molecule has 0 unspecified atom stereocenters. The Morgan fingerprint density at radius 2 is 2.00 bits per heavy atom. The molecule has 0 atom stereocenters. The summed E-state index contributed by atoms with van der Waals surface area (Å²) in [5.41, 5.74) is 6.14. The van der Waals surface area contributed by atoms with Gasteiger partial charge in [0.05, 0.1) is 7.11 Å². The molecule has 3 heterocycles. The van der Waals surface area contributed by atoms with Gasteiger partial charge in [-0.05, 0) is 88.4 Å². The van der Waals surface area contributed by atoms with Gasteiger partial charge in [-0.25, -0.2) is 4.98 Å². The summed E-state index contributed by atoms with van der Waals surface area (Å²) in [4.78, 5) is 20.4. The SMILES string of the molecule is CCN(c1cccc2c1C/C=C\CCc1cc(C)nc(OC)c1CNC2=O)C1CCNCC1. The number of fused-ring (bicyclic) bond motifs is 2. The number of allylic oxidation sites excluding steroid dienone is 2. The van der Waals surface area contributed by atoms with Gasteiger partial charge in [0.15, 0.2) is 0 Å². The fourth-order valence-electron chi connectivity index (χ4n) is 5.15. The van der Waals surface area contributed by atoms with Crippen molar-refractivity contribution in [2.45, 2.75) is 58.5 Å². The number of hydrogen-bond donors (Lipinski definition) is 2. The van der Waals surface area contributed by atoms with Crippen molar-refractivity contribution in [1.82, 2.24) is 15.6 Å². The molecular weight excluding hydrogens is 412 g/mol. The number of ether oxygens (including phenoxy) is 1. The van der Waals surface area contributed by atoms with Crippen LogP contribution in [0, 0.1) is 6.92 Å². The van der Waals surface area contributed by atoms with Crippen LogP contribution in [0.5, 0.6) is 5.88 Å². The number of piperidine rings is 1. The molecule has 0 aliphatic carbocycles. The molecule has 0 bridgehead atoms. The topological polar surface area (TPSA) is 66.5 Å². The fraction of sp³-hybridized carbons (Fsp3) is 0.481. The van der Waals surface area contributed by atoms with Crippen LogP contribution >= 0.6 is 0 Å². The highest BCUT2D eigenvalue weighted by molar-refractivity contribution is 5.97. The third-order valence-corrected chi connectivity index (χ3v) is 6.79. The van der Waals surface area contributed by atoms with Gasteiger partial charge in [-0.3, -0.25) is 4.79 Å². The lowest BCUT2D eigenvalue weighted by Crippen LogP contribution is -2.43. The molecule has 2 aliphatic heterocycles. The number of amides is 1. The quantitative estimate of drug-likeness (QED) is 0.694. The Balaban J connectivity index is 1.70. The van der Waals surface area contributed by atoms with Gasteiger partial charge in [0.25, 0.3) is 5.91 Å². The summed E-state index contributed by atoms with van der Waals surface area (Å²) >= 11 is 0. The summed E-state index contributed by atoms with van der Waals surface area (Å²) in [6.45, 7) is 7.63. The molecule has 0 saturated carbocycles. The van der Waals surface area contributed by atoms with E-state index in [1.807, 2.05) is 19.1 Å². The molecule has 2 aliphatic rings. The van der Waals surface area contributed by atoms with Crippen LogP contribution in [-0.2, 0) is 19.4 Å². The molecule has 0 radical (unpaired) electrons. The maximum atomic E-state index is 13.4. The Kier molecular flexibility index (Phi) is 7.65. The molecule has 1 aromatic carbocycles. The predicted molar refractivity (Wildman–Crippen MR) is 133 cm³/mol. The molecule has 1 saturated heterocycles. The van der Waals surface area contributed by atoms with E-state index in [0.717, 1.165) is 74.1 Å². The number of aromatic nitrogens is 1. The van der Waals surface area contributed by atoms with Gasteiger partial charge in [0.1, 0.15) is 0 Å². The van der Waals surface area contributed by atoms with Crippen molar-refractivity contribution < 1.29 is 9.53 Å². The Hall–Kier alpha value is -2.86. The number of rotatable bonds is 4. The Morgan fingerprint density at radius 3 is 2.76 bits per heavy atom. The second-order valence-corrected chi connectivity index (χ2v) is 8.88. The van der Waals surface area contributed by atoms with E-state index < -0.39 is 0 Å². The fourth-order valence-corrected chi connectivity index (χ4v) is 5.15. The molecule has 1 amide bonds. The normalized spacial score (nSPS) is 18.2.